The Morgan fingerprint density at radius 3 is 2.21 bits per heavy atom. The summed E-state index contributed by atoms with van der Waals surface area (Å²) < 4.78 is 28.3. The second-order valence-corrected chi connectivity index (χ2v) is 6.30. The zero-order valence-corrected chi connectivity index (χ0v) is 16.7. The van der Waals surface area contributed by atoms with E-state index in [2.05, 4.69) is 0 Å². The van der Waals surface area contributed by atoms with Crippen LogP contribution < -0.4 is 23.7 Å². The summed E-state index contributed by atoms with van der Waals surface area (Å²) in [6.07, 6.45) is 4.56. The van der Waals surface area contributed by atoms with Gasteiger partial charge >= 0.3 is 0 Å². The molecular weight excluding hydrogens is 362 g/mol. The van der Waals surface area contributed by atoms with E-state index in [1.165, 1.54) is 0 Å². The molecule has 150 valence electrons. The molecule has 3 rings (SSSR count). The van der Waals surface area contributed by atoms with Crippen LogP contribution in [0.2, 0.25) is 0 Å². The molecule has 0 fully saturated rings. The molecule has 1 aliphatic heterocycles. The average molecular weight is 387 g/mol. The van der Waals surface area contributed by atoms with Gasteiger partial charge in [-0.2, -0.15) is 5.06 Å². The molecular formula is C21H25NO6. The summed E-state index contributed by atoms with van der Waals surface area (Å²) in [5, 5.41) is 10.7. The van der Waals surface area contributed by atoms with Crippen LogP contribution in [-0.2, 0) is 6.42 Å². The maximum absolute atomic E-state index is 9.51. The average Bonchev–Trinajstić information content (AvgIpc) is 2.90. The molecule has 0 amide bonds. The zero-order chi connectivity index (χ0) is 20.3. The number of benzene rings is 2. The fraction of sp³-hybridized carbons (Fsp3) is 0.333. The van der Waals surface area contributed by atoms with E-state index in [0.717, 1.165) is 21.8 Å². The van der Waals surface area contributed by atoms with Crippen LogP contribution >= 0.6 is 0 Å². The molecule has 0 aromatic heterocycles. The number of hydrogen-bond acceptors (Lipinski definition) is 7. The van der Waals surface area contributed by atoms with E-state index in [4.69, 9.17) is 23.7 Å². The highest BCUT2D eigenvalue weighted by atomic mass is 16.6. The molecule has 2 aromatic rings. The SMILES string of the molecule is COc1ccc(CCN(C)O)c2c1Oc1c(cc(OC)c(OC)c1OC)C=C2. The van der Waals surface area contributed by atoms with Gasteiger partial charge in [0.25, 0.3) is 0 Å². The summed E-state index contributed by atoms with van der Waals surface area (Å²) in [4.78, 5) is 0. The Hall–Kier alpha value is -2.90. The Labute approximate surface area is 164 Å². The van der Waals surface area contributed by atoms with Crippen molar-refractivity contribution in [3.8, 4) is 34.5 Å². The Morgan fingerprint density at radius 2 is 1.61 bits per heavy atom. The first kappa shape index (κ1) is 19.9. The Kier molecular flexibility index (Phi) is 5.96. The Bertz CT molecular complexity index is 891. The third-order valence-corrected chi connectivity index (χ3v) is 4.62. The third kappa shape index (κ3) is 3.58. The van der Waals surface area contributed by atoms with Gasteiger partial charge in [0.2, 0.25) is 11.5 Å². The van der Waals surface area contributed by atoms with Crippen molar-refractivity contribution in [2.45, 2.75) is 6.42 Å². The van der Waals surface area contributed by atoms with Crippen molar-refractivity contribution in [2.24, 2.45) is 0 Å². The lowest BCUT2D eigenvalue weighted by molar-refractivity contribution is -0.0634. The predicted molar refractivity (Wildman–Crippen MR) is 106 cm³/mol. The molecule has 0 saturated heterocycles. The molecule has 0 atom stereocenters. The minimum Gasteiger partial charge on any atom is -0.493 e. The summed E-state index contributed by atoms with van der Waals surface area (Å²) in [5.41, 5.74) is 2.70. The molecule has 1 aliphatic rings. The first-order valence-electron chi connectivity index (χ1n) is 8.82. The van der Waals surface area contributed by atoms with Crippen LogP contribution in [0.15, 0.2) is 18.2 Å². The highest BCUT2D eigenvalue weighted by molar-refractivity contribution is 5.84. The number of nitrogens with zero attached hydrogens (tertiary/aromatic N) is 1. The largest absolute Gasteiger partial charge is 0.493 e. The highest BCUT2D eigenvalue weighted by Crippen LogP contribution is 2.52. The Morgan fingerprint density at radius 1 is 0.893 bits per heavy atom. The maximum atomic E-state index is 9.51. The molecule has 0 aliphatic carbocycles. The highest BCUT2D eigenvalue weighted by Gasteiger charge is 2.26. The van der Waals surface area contributed by atoms with Gasteiger partial charge in [-0.15, -0.1) is 0 Å². The van der Waals surface area contributed by atoms with Crippen LogP contribution in [0.3, 0.4) is 0 Å². The lowest BCUT2D eigenvalue weighted by atomic mass is 10.0. The lowest BCUT2D eigenvalue weighted by Crippen LogP contribution is -2.16. The van der Waals surface area contributed by atoms with Crippen molar-refractivity contribution >= 4 is 12.2 Å². The predicted octanol–water partition coefficient (Wildman–Crippen LogP) is 3.86. The second-order valence-electron chi connectivity index (χ2n) is 6.30. The monoisotopic (exact) mass is 387 g/mol. The third-order valence-electron chi connectivity index (χ3n) is 4.62. The molecule has 7 heteroatoms. The van der Waals surface area contributed by atoms with Crippen LogP contribution in [-0.4, -0.2) is 52.3 Å². The van der Waals surface area contributed by atoms with Crippen molar-refractivity contribution < 1.29 is 28.9 Å². The van der Waals surface area contributed by atoms with Gasteiger partial charge in [-0.25, -0.2) is 0 Å². The van der Waals surface area contributed by atoms with Crippen molar-refractivity contribution in [1.29, 1.82) is 0 Å². The van der Waals surface area contributed by atoms with Crippen molar-refractivity contribution in [1.82, 2.24) is 5.06 Å². The van der Waals surface area contributed by atoms with Crippen LogP contribution in [0.5, 0.6) is 34.5 Å². The van der Waals surface area contributed by atoms with Crippen molar-refractivity contribution in [3.63, 3.8) is 0 Å². The van der Waals surface area contributed by atoms with E-state index in [1.807, 2.05) is 30.4 Å². The minimum atomic E-state index is 0.442. The summed E-state index contributed by atoms with van der Waals surface area (Å²) in [6, 6.07) is 5.67. The van der Waals surface area contributed by atoms with Gasteiger partial charge in [0.05, 0.1) is 28.4 Å². The smallest absolute Gasteiger partial charge is 0.208 e. The van der Waals surface area contributed by atoms with Crippen molar-refractivity contribution in [3.05, 3.63) is 34.9 Å². The number of hydrogen-bond donors (Lipinski definition) is 1. The van der Waals surface area contributed by atoms with Crippen LogP contribution in [0, 0.1) is 0 Å². The van der Waals surface area contributed by atoms with E-state index >= 15 is 0 Å². The molecule has 0 bridgehead atoms. The number of rotatable bonds is 7. The van der Waals surface area contributed by atoms with E-state index in [1.54, 1.807) is 35.5 Å². The minimum absolute atomic E-state index is 0.442. The van der Waals surface area contributed by atoms with Gasteiger partial charge < -0.3 is 28.9 Å². The van der Waals surface area contributed by atoms with E-state index < -0.39 is 0 Å². The van der Waals surface area contributed by atoms with Gasteiger partial charge in [0, 0.05) is 24.7 Å². The maximum Gasteiger partial charge on any atom is 0.208 e. The number of fused-ring (bicyclic) bond motifs is 2. The Balaban J connectivity index is 2.18. The van der Waals surface area contributed by atoms with E-state index in [9.17, 15) is 5.21 Å². The van der Waals surface area contributed by atoms with E-state index in [-0.39, 0.29) is 0 Å². The molecule has 1 heterocycles. The van der Waals surface area contributed by atoms with Gasteiger partial charge in [0.15, 0.2) is 23.0 Å². The quantitative estimate of drug-likeness (QED) is 0.617. The summed E-state index contributed by atoms with van der Waals surface area (Å²) in [6.45, 7) is 0.491. The topological polar surface area (TPSA) is 69.6 Å². The molecule has 0 radical (unpaired) electrons. The van der Waals surface area contributed by atoms with Crippen LogP contribution in [0.1, 0.15) is 16.7 Å². The summed E-state index contributed by atoms with van der Waals surface area (Å²) in [5.74, 6) is 3.15. The first-order valence-corrected chi connectivity index (χ1v) is 8.82. The van der Waals surface area contributed by atoms with Crippen molar-refractivity contribution in [2.75, 3.05) is 42.0 Å². The van der Waals surface area contributed by atoms with Crippen LogP contribution in [0.25, 0.3) is 12.2 Å². The van der Waals surface area contributed by atoms with Crippen LogP contribution in [0.4, 0.5) is 0 Å². The molecule has 1 N–H and O–H groups in total. The van der Waals surface area contributed by atoms with Gasteiger partial charge in [0.1, 0.15) is 0 Å². The number of ether oxygens (including phenoxy) is 5. The summed E-state index contributed by atoms with van der Waals surface area (Å²) >= 11 is 0. The fourth-order valence-corrected chi connectivity index (χ4v) is 3.22. The van der Waals surface area contributed by atoms with Gasteiger partial charge in [-0.3, -0.25) is 0 Å². The normalized spacial score (nSPS) is 12.0. The molecule has 0 spiro atoms. The number of hydroxylamine groups is 2. The van der Waals surface area contributed by atoms with E-state index in [0.29, 0.717) is 47.5 Å². The molecule has 2 aromatic carbocycles. The van der Waals surface area contributed by atoms with Gasteiger partial charge in [-0.1, -0.05) is 18.2 Å². The number of likely N-dealkylation sites (N-methyl/N-ethyl adjacent to an activating group) is 1. The molecule has 28 heavy (non-hydrogen) atoms. The summed E-state index contributed by atoms with van der Waals surface area (Å²) in [7, 11) is 7.90. The standard InChI is InChI=1S/C21H25NO6/c1-22(23)11-10-13-7-9-16(24-2)19-15(13)8-6-14-12-17(25-3)20(26-4)21(27-5)18(14)28-19/h6-9,12,23H,10-11H2,1-5H3. The zero-order valence-electron chi connectivity index (χ0n) is 16.7. The molecule has 7 nitrogen and oxygen atoms in total. The number of methoxy groups -OCH3 is 4. The lowest BCUT2D eigenvalue weighted by Gasteiger charge is -2.20. The fourth-order valence-electron chi connectivity index (χ4n) is 3.22. The van der Waals surface area contributed by atoms with Gasteiger partial charge in [-0.05, 0) is 24.1 Å². The first-order chi connectivity index (χ1) is 13.5. The molecule has 0 unspecified atom stereocenters. The second kappa shape index (κ2) is 8.41. The molecule has 0 saturated carbocycles.